The summed E-state index contributed by atoms with van der Waals surface area (Å²) in [7, 11) is 2.01. The first kappa shape index (κ1) is 11.5. The molecule has 1 aromatic heterocycles. The lowest BCUT2D eigenvalue weighted by atomic mass is 10.2. The zero-order valence-corrected chi connectivity index (χ0v) is 9.76. The highest BCUT2D eigenvalue weighted by Gasteiger charge is 2.05. The summed E-state index contributed by atoms with van der Waals surface area (Å²) in [5.74, 6) is 1.06. The summed E-state index contributed by atoms with van der Waals surface area (Å²) in [5.41, 5.74) is 7.12. The van der Waals surface area contributed by atoms with Gasteiger partial charge in [-0.1, -0.05) is 6.07 Å². The molecule has 0 aliphatic heterocycles. The van der Waals surface area contributed by atoms with E-state index in [0.717, 1.165) is 24.4 Å². The fourth-order valence-electron chi connectivity index (χ4n) is 1.74. The van der Waals surface area contributed by atoms with Crippen LogP contribution in [0.3, 0.4) is 0 Å². The summed E-state index contributed by atoms with van der Waals surface area (Å²) in [4.78, 5) is 2.12. The van der Waals surface area contributed by atoms with E-state index in [1.165, 1.54) is 0 Å². The van der Waals surface area contributed by atoms with Crippen LogP contribution in [-0.4, -0.2) is 17.1 Å². The second-order valence-electron chi connectivity index (χ2n) is 4.14. The van der Waals surface area contributed by atoms with Crippen LogP contribution in [0.25, 0.3) is 0 Å². The van der Waals surface area contributed by atoms with Gasteiger partial charge in [-0.05, 0) is 36.9 Å². The lowest BCUT2D eigenvalue weighted by Crippen LogP contribution is -2.16. The Morgan fingerprint density at radius 1 is 1.29 bits per heavy atom. The van der Waals surface area contributed by atoms with Crippen LogP contribution >= 0.6 is 0 Å². The normalized spacial score (nSPS) is 10.9. The maximum Gasteiger partial charge on any atom is 0.138 e. The fourth-order valence-corrected chi connectivity index (χ4v) is 1.74. The van der Waals surface area contributed by atoms with Crippen molar-refractivity contribution in [2.45, 2.75) is 13.1 Å². The van der Waals surface area contributed by atoms with Gasteiger partial charge in [0.25, 0.3) is 0 Å². The monoisotopic (exact) mass is 232 g/mol. The summed E-state index contributed by atoms with van der Waals surface area (Å²) in [6.45, 7) is 1.50. The lowest BCUT2D eigenvalue weighted by Gasteiger charge is -2.15. The lowest BCUT2D eigenvalue weighted by molar-refractivity contribution is 0.288. The molecule has 0 amide bonds. The second kappa shape index (κ2) is 4.93. The number of aromatic hydroxyl groups is 1. The average Bonchev–Trinajstić information content (AvgIpc) is 2.76. The summed E-state index contributed by atoms with van der Waals surface area (Å²) < 4.78 is 5.28. The van der Waals surface area contributed by atoms with Crippen molar-refractivity contribution in [1.29, 1.82) is 0 Å². The molecule has 0 radical (unpaired) electrons. The number of phenols is 1. The standard InChI is InChI=1S/C13H16N2O2/c1-15(9-11-3-2-6-17-11)8-10-4-5-13(16)12(14)7-10/h2-7,16H,8-9,14H2,1H3. The number of hydrogen-bond donors (Lipinski definition) is 2. The van der Waals surface area contributed by atoms with Crippen molar-refractivity contribution in [2.24, 2.45) is 0 Å². The van der Waals surface area contributed by atoms with Crippen LogP contribution in [0.2, 0.25) is 0 Å². The molecule has 0 saturated carbocycles. The summed E-state index contributed by atoms with van der Waals surface area (Å²) in [6, 6.07) is 9.09. The van der Waals surface area contributed by atoms with Gasteiger partial charge in [0.05, 0.1) is 18.5 Å². The van der Waals surface area contributed by atoms with Gasteiger partial charge >= 0.3 is 0 Å². The number of nitrogen functional groups attached to an aromatic ring is 1. The van der Waals surface area contributed by atoms with Crippen LogP contribution in [0, 0.1) is 0 Å². The Morgan fingerprint density at radius 3 is 2.76 bits per heavy atom. The maximum atomic E-state index is 9.33. The molecule has 90 valence electrons. The van der Waals surface area contributed by atoms with E-state index in [0.29, 0.717) is 5.69 Å². The van der Waals surface area contributed by atoms with Gasteiger partial charge in [0.15, 0.2) is 0 Å². The zero-order chi connectivity index (χ0) is 12.3. The summed E-state index contributed by atoms with van der Waals surface area (Å²) in [5, 5.41) is 9.33. The largest absolute Gasteiger partial charge is 0.506 e. The van der Waals surface area contributed by atoms with Gasteiger partial charge in [-0.3, -0.25) is 4.90 Å². The van der Waals surface area contributed by atoms with Crippen molar-refractivity contribution in [1.82, 2.24) is 4.90 Å². The highest BCUT2D eigenvalue weighted by molar-refractivity contribution is 5.53. The molecule has 17 heavy (non-hydrogen) atoms. The minimum absolute atomic E-state index is 0.127. The molecule has 1 aromatic carbocycles. The van der Waals surface area contributed by atoms with E-state index in [-0.39, 0.29) is 5.75 Å². The zero-order valence-electron chi connectivity index (χ0n) is 9.76. The van der Waals surface area contributed by atoms with E-state index in [4.69, 9.17) is 10.2 Å². The Balaban J connectivity index is 1.98. The molecule has 0 unspecified atom stereocenters. The van der Waals surface area contributed by atoms with Crippen LogP contribution < -0.4 is 5.73 Å². The Labute approximate surface area is 100 Å². The van der Waals surface area contributed by atoms with Crippen molar-refractivity contribution in [3.63, 3.8) is 0 Å². The molecule has 0 saturated heterocycles. The maximum absolute atomic E-state index is 9.33. The second-order valence-corrected chi connectivity index (χ2v) is 4.14. The SMILES string of the molecule is CN(Cc1ccc(O)c(N)c1)Cc1ccco1. The first-order chi connectivity index (χ1) is 8.15. The van der Waals surface area contributed by atoms with Gasteiger partial charge in [0.1, 0.15) is 11.5 Å². The minimum atomic E-state index is 0.127. The molecule has 2 aromatic rings. The van der Waals surface area contributed by atoms with Crippen molar-refractivity contribution >= 4 is 5.69 Å². The molecular weight excluding hydrogens is 216 g/mol. The first-order valence-electron chi connectivity index (χ1n) is 5.43. The third-order valence-electron chi connectivity index (χ3n) is 2.55. The average molecular weight is 232 g/mol. The number of nitrogens with zero attached hydrogens (tertiary/aromatic N) is 1. The van der Waals surface area contributed by atoms with Gasteiger partial charge in [-0.25, -0.2) is 0 Å². The van der Waals surface area contributed by atoms with Crippen LogP contribution in [0.1, 0.15) is 11.3 Å². The quantitative estimate of drug-likeness (QED) is 0.626. The molecule has 0 aliphatic rings. The predicted molar refractivity (Wildman–Crippen MR) is 66.4 cm³/mol. The Morgan fingerprint density at radius 2 is 2.12 bits per heavy atom. The van der Waals surface area contributed by atoms with E-state index in [1.807, 2.05) is 25.2 Å². The van der Waals surface area contributed by atoms with Gasteiger partial charge in [-0.2, -0.15) is 0 Å². The Bertz CT molecular complexity index is 480. The number of rotatable bonds is 4. The van der Waals surface area contributed by atoms with Crippen molar-refractivity contribution in [3.8, 4) is 5.75 Å². The Hall–Kier alpha value is -1.94. The van der Waals surface area contributed by atoms with Gasteiger partial charge in [0.2, 0.25) is 0 Å². The molecule has 1 heterocycles. The number of furan rings is 1. The number of nitrogens with two attached hydrogens (primary N) is 1. The van der Waals surface area contributed by atoms with Gasteiger partial charge in [-0.15, -0.1) is 0 Å². The molecular formula is C13H16N2O2. The molecule has 4 nitrogen and oxygen atoms in total. The predicted octanol–water partition coefficient (Wildman–Crippen LogP) is 2.20. The molecule has 0 fully saturated rings. The molecule has 0 aliphatic carbocycles. The van der Waals surface area contributed by atoms with Crippen LogP contribution in [-0.2, 0) is 13.1 Å². The van der Waals surface area contributed by atoms with E-state index >= 15 is 0 Å². The highest BCUT2D eigenvalue weighted by Crippen LogP contribution is 2.21. The van der Waals surface area contributed by atoms with Crippen LogP contribution in [0.5, 0.6) is 5.75 Å². The van der Waals surface area contributed by atoms with Gasteiger partial charge < -0.3 is 15.3 Å². The summed E-state index contributed by atoms with van der Waals surface area (Å²) in [6.07, 6.45) is 1.67. The van der Waals surface area contributed by atoms with Crippen LogP contribution in [0.4, 0.5) is 5.69 Å². The third kappa shape index (κ3) is 3.01. The third-order valence-corrected chi connectivity index (χ3v) is 2.55. The first-order valence-corrected chi connectivity index (χ1v) is 5.43. The van der Waals surface area contributed by atoms with E-state index in [2.05, 4.69) is 4.90 Å². The smallest absolute Gasteiger partial charge is 0.138 e. The minimum Gasteiger partial charge on any atom is -0.506 e. The molecule has 2 rings (SSSR count). The Kier molecular flexibility index (Phi) is 3.35. The molecule has 4 heteroatoms. The molecule has 0 spiro atoms. The van der Waals surface area contributed by atoms with Crippen molar-refractivity contribution in [2.75, 3.05) is 12.8 Å². The number of phenolic OH excluding ortho intramolecular Hbond substituents is 1. The van der Waals surface area contributed by atoms with Crippen LogP contribution in [0.15, 0.2) is 41.0 Å². The van der Waals surface area contributed by atoms with Crippen molar-refractivity contribution in [3.05, 3.63) is 47.9 Å². The van der Waals surface area contributed by atoms with Crippen molar-refractivity contribution < 1.29 is 9.52 Å². The number of benzene rings is 1. The van der Waals surface area contributed by atoms with E-state index < -0.39 is 0 Å². The number of anilines is 1. The molecule has 3 N–H and O–H groups in total. The molecule has 0 atom stereocenters. The molecule has 0 bridgehead atoms. The topological polar surface area (TPSA) is 62.6 Å². The van der Waals surface area contributed by atoms with E-state index in [1.54, 1.807) is 18.4 Å². The van der Waals surface area contributed by atoms with Gasteiger partial charge in [0, 0.05) is 6.54 Å². The van der Waals surface area contributed by atoms with E-state index in [9.17, 15) is 5.11 Å². The highest BCUT2D eigenvalue weighted by atomic mass is 16.3. The summed E-state index contributed by atoms with van der Waals surface area (Å²) >= 11 is 0. The number of hydrogen-bond acceptors (Lipinski definition) is 4. The fraction of sp³-hybridized carbons (Fsp3) is 0.231.